The number of benzene rings is 2. The van der Waals surface area contributed by atoms with Crippen molar-refractivity contribution in [2.45, 2.75) is 6.42 Å². The second kappa shape index (κ2) is 16.1. The quantitative estimate of drug-likeness (QED) is 0.234. The maximum atomic E-state index is 11.4. The first-order valence-corrected chi connectivity index (χ1v) is 7.63. The monoisotopic (exact) mass is 413 g/mol. The van der Waals surface area contributed by atoms with Crippen LogP contribution in [-0.2, 0) is 22.5 Å². The number of para-hydroxylation sites is 2. The third kappa shape index (κ3) is 10.5. The van der Waals surface area contributed by atoms with Gasteiger partial charge in [-0.3, -0.25) is 9.98 Å². The number of nitrogens with zero attached hydrogens (tertiary/aromatic N) is 3. The molecule has 0 fully saturated rings. The van der Waals surface area contributed by atoms with E-state index in [0.29, 0.717) is 24.2 Å². The van der Waals surface area contributed by atoms with Crippen LogP contribution in [0.25, 0.3) is 5.41 Å². The van der Waals surface area contributed by atoms with Crippen LogP contribution in [-0.4, -0.2) is 30.7 Å². The van der Waals surface area contributed by atoms with E-state index in [1.54, 1.807) is 36.7 Å². The molecular formula is C18H19FeN3O3S+. The van der Waals surface area contributed by atoms with E-state index >= 15 is 0 Å². The fourth-order valence-electron chi connectivity index (χ4n) is 1.75. The number of isothiocyanates is 1. The van der Waals surface area contributed by atoms with Crippen molar-refractivity contribution in [2.75, 3.05) is 13.1 Å². The molecule has 0 saturated carbocycles. The van der Waals surface area contributed by atoms with Crippen molar-refractivity contribution in [3.05, 3.63) is 65.1 Å². The number of hydrogen-bond donors (Lipinski definition) is 0. The van der Waals surface area contributed by atoms with E-state index in [1.807, 2.05) is 12.1 Å². The fraction of sp³-hybridized carbons (Fsp3) is 0.167. The van der Waals surface area contributed by atoms with Gasteiger partial charge in [-0.2, -0.15) is 5.16 Å². The smallest absolute Gasteiger partial charge is 0.872 e. The molecule has 0 aromatic heterocycles. The SMILES string of the molecule is [Fe+3].[N-]=C=S.[O-]c1ccccc1C=NCCCN=Cc1ccccc1[O-].[OH3+]. The zero-order chi connectivity index (χ0) is 17.6. The van der Waals surface area contributed by atoms with Gasteiger partial charge in [0, 0.05) is 25.5 Å². The molecule has 0 bridgehead atoms. The summed E-state index contributed by atoms with van der Waals surface area (Å²) < 4.78 is 0. The van der Waals surface area contributed by atoms with Crippen LogP contribution < -0.4 is 10.2 Å². The van der Waals surface area contributed by atoms with Crippen LogP contribution >= 0.6 is 12.2 Å². The van der Waals surface area contributed by atoms with Gasteiger partial charge in [0.2, 0.25) is 0 Å². The van der Waals surface area contributed by atoms with Gasteiger partial charge in [0.15, 0.2) is 0 Å². The maximum Gasteiger partial charge on any atom is 3.00 e. The predicted octanol–water partition coefficient (Wildman–Crippen LogP) is 1.50. The molecule has 6 nitrogen and oxygen atoms in total. The Morgan fingerprint density at radius 1 is 0.885 bits per heavy atom. The first-order chi connectivity index (χ1) is 11.7. The van der Waals surface area contributed by atoms with Gasteiger partial charge in [0.25, 0.3) is 0 Å². The third-order valence-corrected chi connectivity index (χ3v) is 2.87. The van der Waals surface area contributed by atoms with Crippen molar-refractivity contribution in [1.82, 2.24) is 0 Å². The Labute approximate surface area is 168 Å². The van der Waals surface area contributed by atoms with Gasteiger partial charge in [-0.15, -0.1) is 11.5 Å². The fourth-order valence-corrected chi connectivity index (χ4v) is 1.75. The maximum absolute atomic E-state index is 11.4. The minimum atomic E-state index is -0.0219. The van der Waals surface area contributed by atoms with Gasteiger partial charge in [0.1, 0.15) is 0 Å². The largest absolute Gasteiger partial charge is 3.00 e. The zero-order valence-corrected chi connectivity index (χ0v) is 15.8. The van der Waals surface area contributed by atoms with E-state index in [4.69, 9.17) is 5.41 Å². The van der Waals surface area contributed by atoms with Crippen LogP contribution in [0.3, 0.4) is 0 Å². The second-order valence-corrected chi connectivity index (χ2v) is 4.77. The van der Waals surface area contributed by atoms with Gasteiger partial charge in [0.05, 0.1) is 0 Å². The van der Waals surface area contributed by atoms with Crippen molar-refractivity contribution < 1.29 is 32.8 Å². The molecule has 0 heterocycles. The Bertz CT molecular complexity index is 678. The molecule has 0 saturated heterocycles. The standard InChI is InChI=1S/C17H18N2O2.CNS.Fe.H2O/c20-16-8-3-1-6-14(16)12-18-10-5-11-19-13-15-7-2-4-9-17(15)21;2-1-3;;/h1-4,6-9,12-13,20-21H,5,10-11H2;;;1H2/q;-1;+3;/p-1. The molecule has 0 aliphatic heterocycles. The predicted molar refractivity (Wildman–Crippen MR) is 102 cm³/mol. The zero-order valence-electron chi connectivity index (χ0n) is 13.9. The summed E-state index contributed by atoms with van der Waals surface area (Å²) in [6.07, 6.45) is 3.97. The summed E-state index contributed by atoms with van der Waals surface area (Å²) in [4.78, 5) is 8.41. The molecule has 0 aliphatic carbocycles. The summed E-state index contributed by atoms with van der Waals surface area (Å²) in [5.74, 6) is -0.0438. The van der Waals surface area contributed by atoms with E-state index < -0.39 is 0 Å². The Morgan fingerprint density at radius 2 is 1.23 bits per heavy atom. The normalized spacial score (nSPS) is 9.54. The summed E-state index contributed by atoms with van der Waals surface area (Å²) in [6, 6.07) is 13.6. The molecule has 0 amide bonds. The minimum Gasteiger partial charge on any atom is -0.872 e. The van der Waals surface area contributed by atoms with Gasteiger partial charge >= 0.3 is 17.1 Å². The van der Waals surface area contributed by atoms with E-state index in [-0.39, 0.29) is 34.0 Å². The van der Waals surface area contributed by atoms with Crippen LogP contribution in [0.4, 0.5) is 0 Å². The van der Waals surface area contributed by atoms with Crippen LogP contribution in [0, 0.1) is 0 Å². The molecule has 8 heteroatoms. The van der Waals surface area contributed by atoms with Gasteiger partial charge in [-0.1, -0.05) is 60.7 Å². The Hall–Kier alpha value is -2.34. The Kier molecular flexibility index (Phi) is 16.1. The number of aliphatic imine (C=N–C) groups is 2. The van der Waals surface area contributed by atoms with Crippen LogP contribution in [0.1, 0.15) is 17.5 Å². The molecule has 0 aliphatic rings. The molecule has 0 spiro atoms. The second-order valence-electron chi connectivity index (χ2n) is 4.59. The first kappa shape index (κ1) is 25.9. The first-order valence-electron chi connectivity index (χ1n) is 7.22. The molecule has 0 unspecified atom stereocenters. The molecule has 137 valence electrons. The van der Waals surface area contributed by atoms with Crippen molar-refractivity contribution in [1.29, 1.82) is 0 Å². The average Bonchev–Trinajstić information content (AvgIpc) is 2.58. The van der Waals surface area contributed by atoms with Crippen molar-refractivity contribution in [3.63, 3.8) is 0 Å². The van der Waals surface area contributed by atoms with Crippen molar-refractivity contribution in [2.24, 2.45) is 9.98 Å². The summed E-state index contributed by atoms with van der Waals surface area (Å²) in [5, 5.41) is 31.3. The minimum absolute atomic E-state index is 0. The molecule has 26 heavy (non-hydrogen) atoms. The van der Waals surface area contributed by atoms with E-state index in [2.05, 4.69) is 22.2 Å². The number of rotatable bonds is 6. The molecule has 2 aromatic rings. The van der Waals surface area contributed by atoms with Gasteiger partial charge < -0.3 is 21.1 Å². The average molecular weight is 413 g/mol. The third-order valence-electron chi connectivity index (χ3n) is 2.87. The topological polar surface area (TPSA) is 126 Å². The van der Waals surface area contributed by atoms with E-state index in [0.717, 1.165) is 6.42 Å². The van der Waals surface area contributed by atoms with E-state index in [9.17, 15) is 10.2 Å². The van der Waals surface area contributed by atoms with Gasteiger partial charge in [-0.05, 0) is 17.5 Å². The summed E-state index contributed by atoms with van der Waals surface area (Å²) in [6.45, 7) is 1.20. The van der Waals surface area contributed by atoms with Crippen LogP contribution in [0.5, 0.6) is 11.5 Å². The van der Waals surface area contributed by atoms with Crippen LogP contribution in [0.15, 0.2) is 58.5 Å². The molecule has 3 N–H and O–H groups in total. The molecular weight excluding hydrogens is 394 g/mol. The van der Waals surface area contributed by atoms with E-state index in [1.165, 1.54) is 17.3 Å². The van der Waals surface area contributed by atoms with Crippen molar-refractivity contribution >= 4 is 29.8 Å². The number of hydrogen-bond acceptors (Lipinski definition) is 5. The molecule has 2 rings (SSSR count). The van der Waals surface area contributed by atoms with Gasteiger partial charge in [-0.25, -0.2) is 0 Å². The number of thiocarbonyl (C=S) groups is 1. The Morgan fingerprint density at radius 3 is 1.58 bits per heavy atom. The summed E-state index contributed by atoms with van der Waals surface area (Å²) in [7, 11) is 0. The summed E-state index contributed by atoms with van der Waals surface area (Å²) in [5.41, 5.74) is 1.20. The molecule has 1 radical (unpaired) electrons. The Balaban J connectivity index is 0. The van der Waals surface area contributed by atoms with Crippen LogP contribution in [0.2, 0.25) is 0 Å². The summed E-state index contributed by atoms with van der Waals surface area (Å²) >= 11 is 3.70. The van der Waals surface area contributed by atoms with Crippen molar-refractivity contribution in [3.8, 4) is 11.5 Å². The molecule has 0 atom stereocenters. The molecule has 2 aromatic carbocycles.